The first-order valence-corrected chi connectivity index (χ1v) is 6.86. The normalized spacial score (nSPS) is 10.2. The van der Waals surface area contributed by atoms with Crippen LogP contribution in [0.1, 0.15) is 17.3 Å². The van der Waals surface area contributed by atoms with Crippen LogP contribution in [0.3, 0.4) is 0 Å². The summed E-state index contributed by atoms with van der Waals surface area (Å²) in [6.45, 7) is 2.35. The Morgan fingerprint density at radius 2 is 1.90 bits per heavy atom. The van der Waals surface area contributed by atoms with E-state index in [0.717, 1.165) is 0 Å². The summed E-state index contributed by atoms with van der Waals surface area (Å²) in [4.78, 5) is 12.3. The lowest BCUT2D eigenvalue weighted by atomic mass is 10.2. The molecule has 0 spiro atoms. The van der Waals surface area contributed by atoms with Crippen LogP contribution in [-0.4, -0.2) is 12.5 Å². The van der Waals surface area contributed by atoms with Gasteiger partial charge in [0.05, 0.1) is 27.9 Å². The third-order valence-corrected chi connectivity index (χ3v) is 3.45. The van der Waals surface area contributed by atoms with E-state index in [1.165, 1.54) is 0 Å². The van der Waals surface area contributed by atoms with E-state index in [0.29, 0.717) is 33.7 Å². The minimum absolute atomic E-state index is 0.293. The van der Waals surface area contributed by atoms with Crippen molar-refractivity contribution in [3.05, 3.63) is 58.1 Å². The molecule has 5 heteroatoms. The van der Waals surface area contributed by atoms with E-state index in [9.17, 15) is 4.79 Å². The second-order valence-electron chi connectivity index (χ2n) is 3.98. The Labute approximate surface area is 127 Å². The largest absolute Gasteiger partial charge is 0.493 e. The zero-order valence-electron chi connectivity index (χ0n) is 10.8. The van der Waals surface area contributed by atoms with Crippen LogP contribution in [0.4, 0.5) is 5.69 Å². The lowest BCUT2D eigenvalue weighted by Gasteiger charge is -2.11. The number of para-hydroxylation sites is 1. The minimum Gasteiger partial charge on any atom is -0.493 e. The van der Waals surface area contributed by atoms with Crippen LogP contribution < -0.4 is 10.1 Å². The lowest BCUT2D eigenvalue weighted by Crippen LogP contribution is -2.14. The molecule has 0 bridgehead atoms. The van der Waals surface area contributed by atoms with Crippen molar-refractivity contribution in [2.75, 3.05) is 11.9 Å². The topological polar surface area (TPSA) is 38.3 Å². The molecular weight excluding hydrogens is 297 g/mol. The molecule has 0 saturated heterocycles. The zero-order valence-corrected chi connectivity index (χ0v) is 12.3. The van der Waals surface area contributed by atoms with Gasteiger partial charge in [0.2, 0.25) is 0 Å². The quantitative estimate of drug-likeness (QED) is 0.893. The second kappa shape index (κ2) is 6.64. The van der Waals surface area contributed by atoms with E-state index >= 15 is 0 Å². The number of carbonyl (C=O) groups is 1. The standard InChI is InChI=1S/C15H13Cl2NO2/c1-2-20-13-9-4-3-6-10(13)15(19)18-12-8-5-7-11(16)14(12)17/h3-9H,2H2,1H3,(H,18,19). The van der Waals surface area contributed by atoms with Gasteiger partial charge in [0, 0.05) is 0 Å². The van der Waals surface area contributed by atoms with Gasteiger partial charge in [0.25, 0.3) is 5.91 Å². The van der Waals surface area contributed by atoms with Crippen molar-refractivity contribution in [1.82, 2.24) is 0 Å². The van der Waals surface area contributed by atoms with Gasteiger partial charge >= 0.3 is 0 Å². The van der Waals surface area contributed by atoms with Crippen LogP contribution in [0.15, 0.2) is 42.5 Å². The number of hydrogen-bond acceptors (Lipinski definition) is 2. The third-order valence-electron chi connectivity index (χ3n) is 2.63. The molecule has 20 heavy (non-hydrogen) atoms. The summed E-state index contributed by atoms with van der Waals surface area (Å²) in [5, 5.41) is 3.44. The van der Waals surface area contributed by atoms with Crippen LogP contribution >= 0.6 is 23.2 Å². The SMILES string of the molecule is CCOc1ccccc1C(=O)Nc1cccc(Cl)c1Cl. The molecule has 2 rings (SSSR count). The van der Waals surface area contributed by atoms with Gasteiger partial charge in [-0.3, -0.25) is 4.79 Å². The van der Waals surface area contributed by atoms with Crippen molar-refractivity contribution in [1.29, 1.82) is 0 Å². The van der Waals surface area contributed by atoms with Crippen LogP contribution in [0, 0.1) is 0 Å². The van der Waals surface area contributed by atoms with Crippen LogP contribution in [0.2, 0.25) is 10.0 Å². The molecule has 2 aromatic rings. The highest BCUT2D eigenvalue weighted by molar-refractivity contribution is 6.44. The second-order valence-corrected chi connectivity index (χ2v) is 4.77. The molecule has 0 aliphatic carbocycles. The van der Waals surface area contributed by atoms with E-state index in [-0.39, 0.29) is 5.91 Å². The summed E-state index contributed by atoms with van der Waals surface area (Å²) in [7, 11) is 0. The summed E-state index contributed by atoms with van der Waals surface area (Å²) in [5.74, 6) is 0.240. The number of anilines is 1. The Kier molecular flexibility index (Phi) is 4.88. The fraction of sp³-hybridized carbons (Fsp3) is 0.133. The molecule has 2 aromatic carbocycles. The Bertz CT molecular complexity index is 629. The van der Waals surface area contributed by atoms with Crippen molar-refractivity contribution in [2.45, 2.75) is 6.92 Å². The predicted octanol–water partition coefficient (Wildman–Crippen LogP) is 4.64. The molecule has 104 valence electrons. The molecule has 0 aliphatic heterocycles. The number of benzene rings is 2. The third kappa shape index (κ3) is 3.24. The average Bonchev–Trinajstić information content (AvgIpc) is 2.45. The summed E-state index contributed by atoms with van der Waals surface area (Å²) in [6, 6.07) is 12.1. The number of carbonyl (C=O) groups excluding carboxylic acids is 1. The van der Waals surface area contributed by atoms with E-state index in [4.69, 9.17) is 27.9 Å². The van der Waals surface area contributed by atoms with Crippen LogP contribution in [0.5, 0.6) is 5.75 Å². The number of amides is 1. The summed E-state index contributed by atoms with van der Waals surface area (Å²) >= 11 is 12.0. The lowest BCUT2D eigenvalue weighted by molar-refractivity contribution is 0.102. The number of halogens is 2. The van der Waals surface area contributed by atoms with Crippen molar-refractivity contribution in [3.63, 3.8) is 0 Å². The van der Waals surface area contributed by atoms with Gasteiger partial charge in [0.1, 0.15) is 5.75 Å². The predicted molar refractivity (Wildman–Crippen MR) is 82.0 cm³/mol. The monoisotopic (exact) mass is 309 g/mol. The van der Waals surface area contributed by atoms with Crippen LogP contribution in [-0.2, 0) is 0 Å². The van der Waals surface area contributed by atoms with Crippen molar-refractivity contribution in [2.24, 2.45) is 0 Å². The Morgan fingerprint density at radius 1 is 1.15 bits per heavy atom. The first-order valence-electron chi connectivity index (χ1n) is 6.10. The van der Waals surface area contributed by atoms with Gasteiger partial charge < -0.3 is 10.1 Å². The van der Waals surface area contributed by atoms with E-state index < -0.39 is 0 Å². The molecule has 0 atom stereocenters. The molecular formula is C15H13Cl2NO2. The van der Waals surface area contributed by atoms with Gasteiger partial charge in [-0.2, -0.15) is 0 Å². The number of rotatable bonds is 4. The highest BCUT2D eigenvalue weighted by Gasteiger charge is 2.14. The smallest absolute Gasteiger partial charge is 0.259 e. The van der Waals surface area contributed by atoms with Gasteiger partial charge in [-0.15, -0.1) is 0 Å². The molecule has 0 radical (unpaired) electrons. The number of ether oxygens (including phenoxy) is 1. The number of nitrogens with one attached hydrogen (secondary N) is 1. The first kappa shape index (κ1) is 14.7. The molecule has 0 saturated carbocycles. The molecule has 3 nitrogen and oxygen atoms in total. The van der Waals surface area contributed by atoms with Crippen molar-refractivity contribution in [3.8, 4) is 5.75 Å². The summed E-state index contributed by atoms with van der Waals surface area (Å²) < 4.78 is 5.43. The summed E-state index contributed by atoms with van der Waals surface area (Å²) in [6.07, 6.45) is 0. The number of hydrogen-bond donors (Lipinski definition) is 1. The van der Waals surface area contributed by atoms with Gasteiger partial charge in [-0.25, -0.2) is 0 Å². The molecule has 0 heterocycles. The molecule has 0 aromatic heterocycles. The maximum Gasteiger partial charge on any atom is 0.259 e. The zero-order chi connectivity index (χ0) is 14.5. The molecule has 1 amide bonds. The molecule has 1 N–H and O–H groups in total. The Hall–Kier alpha value is -1.71. The van der Waals surface area contributed by atoms with Gasteiger partial charge in [0.15, 0.2) is 0 Å². The van der Waals surface area contributed by atoms with E-state index in [2.05, 4.69) is 5.32 Å². The van der Waals surface area contributed by atoms with Crippen molar-refractivity contribution >= 4 is 34.8 Å². The molecule has 0 fully saturated rings. The fourth-order valence-corrected chi connectivity index (χ4v) is 2.07. The molecule has 0 aliphatic rings. The highest BCUT2D eigenvalue weighted by atomic mass is 35.5. The Balaban J connectivity index is 2.26. The summed E-state index contributed by atoms with van der Waals surface area (Å²) in [5.41, 5.74) is 0.917. The van der Waals surface area contributed by atoms with Crippen molar-refractivity contribution < 1.29 is 9.53 Å². The van der Waals surface area contributed by atoms with Gasteiger partial charge in [-0.1, -0.05) is 41.4 Å². The first-order chi connectivity index (χ1) is 9.63. The van der Waals surface area contributed by atoms with E-state index in [1.54, 1.807) is 36.4 Å². The van der Waals surface area contributed by atoms with Gasteiger partial charge in [-0.05, 0) is 31.2 Å². The Morgan fingerprint density at radius 3 is 2.65 bits per heavy atom. The average molecular weight is 310 g/mol. The minimum atomic E-state index is -0.293. The maximum atomic E-state index is 12.3. The molecule has 0 unspecified atom stereocenters. The maximum absolute atomic E-state index is 12.3. The van der Waals surface area contributed by atoms with E-state index in [1.807, 2.05) is 13.0 Å². The fourth-order valence-electron chi connectivity index (χ4n) is 1.73. The van der Waals surface area contributed by atoms with Crippen LogP contribution in [0.25, 0.3) is 0 Å². The highest BCUT2D eigenvalue weighted by Crippen LogP contribution is 2.30.